The second-order valence-corrected chi connectivity index (χ2v) is 6.37. The molecule has 114 valence electrons. The van der Waals surface area contributed by atoms with Gasteiger partial charge >= 0.3 is 0 Å². The minimum Gasteiger partial charge on any atom is -0.443 e. The average Bonchev–Trinajstić information content (AvgIpc) is 2.95. The van der Waals surface area contributed by atoms with Gasteiger partial charge in [0.2, 0.25) is 5.89 Å². The highest BCUT2D eigenvalue weighted by Crippen LogP contribution is 2.27. The van der Waals surface area contributed by atoms with Crippen LogP contribution >= 0.6 is 0 Å². The quantitative estimate of drug-likeness (QED) is 0.835. The number of aromatic nitrogens is 2. The van der Waals surface area contributed by atoms with Crippen LogP contribution in [0.2, 0.25) is 0 Å². The van der Waals surface area contributed by atoms with E-state index in [1.165, 1.54) is 0 Å². The van der Waals surface area contributed by atoms with Gasteiger partial charge < -0.3 is 4.42 Å². The molecule has 2 rings (SSSR count). The average molecular weight is 287 g/mol. The Hall–Kier alpha value is -1.68. The third-order valence-electron chi connectivity index (χ3n) is 3.67. The summed E-state index contributed by atoms with van der Waals surface area (Å²) < 4.78 is 5.96. The number of nitrogens with zero attached hydrogens (tertiary/aromatic N) is 3. The summed E-state index contributed by atoms with van der Waals surface area (Å²) in [6.45, 7) is 12.4. The van der Waals surface area contributed by atoms with E-state index < -0.39 is 0 Å². The Balaban J connectivity index is 2.13. The molecule has 2 heterocycles. The maximum atomic E-state index is 5.96. The van der Waals surface area contributed by atoms with Crippen molar-refractivity contribution in [2.45, 2.75) is 52.6 Å². The van der Waals surface area contributed by atoms with Crippen LogP contribution in [0.15, 0.2) is 35.0 Å². The van der Waals surface area contributed by atoms with E-state index in [1.807, 2.05) is 30.6 Å². The first-order valence-electron chi connectivity index (χ1n) is 7.52. The van der Waals surface area contributed by atoms with Crippen molar-refractivity contribution in [3.05, 3.63) is 47.9 Å². The van der Waals surface area contributed by atoms with Gasteiger partial charge in [0, 0.05) is 18.2 Å². The Morgan fingerprint density at radius 2 is 2.00 bits per heavy atom. The maximum absolute atomic E-state index is 5.96. The van der Waals surface area contributed by atoms with E-state index in [0.29, 0.717) is 0 Å². The highest BCUT2D eigenvalue weighted by atomic mass is 16.4. The fraction of sp³-hybridized carbons (Fsp3) is 0.529. The molecular weight excluding hydrogens is 262 g/mol. The van der Waals surface area contributed by atoms with Crippen molar-refractivity contribution in [3.8, 4) is 0 Å². The molecule has 0 unspecified atom stereocenters. The van der Waals surface area contributed by atoms with Gasteiger partial charge in [-0.2, -0.15) is 0 Å². The second-order valence-electron chi connectivity index (χ2n) is 6.37. The summed E-state index contributed by atoms with van der Waals surface area (Å²) in [4.78, 5) is 11.2. The molecule has 0 bridgehead atoms. The lowest BCUT2D eigenvalue weighted by molar-refractivity contribution is 0.177. The molecule has 0 saturated heterocycles. The van der Waals surface area contributed by atoms with Crippen molar-refractivity contribution in [2.24, 2.45) is 0 Å². The van der Waals surface area contributed by atoms with Crippen LogP contribution in [0.4, 0.5) is 0 Å². The molecule has 0 fully saturated rings. The summed E-state index contributed by atoms with van der Waals surface area (Å²) in [5, 5.41) is 0. The van der Waals surface area contributed by atoms with Crippen LogP contribution in [0.25, 0.3) is 0 Å². The highest BCUT2D eigenvalue weighted by Gasteiger charge is 2.24. The minimum absolute atomic E-state index is 0.0109. The summed E-state index contributed by atoms with van der Waals surface area (Å²) in [5.74, 6) is 1.70. The van der Waals surface area contributed by atoms with Crippen LogP contribution in [-0.2, 0) is 12.0 Å². The Bertz CT molecular complexity index is 557. The molecule has 2 aromatic rings. The SMILES string of the molecule is CCN(Cc1ccccn1)[C@@H](C)c1ncc(C(C)(C)C)o1. The predicted molar refractivity (Wildman–Crippen MR) is 83.9 cm³/mol. The number of pyridine rings is 1. The number of oxazole rings is 1. The fourth-order valence-corrected chi connectivity index (χ4v) is 2.21. The summed E-state index contributed by atoms with van der Waals surface area (Å²) in [5.41, 5.74) is 1.05. The smallest absolute Gasteiger partial charge is 0.211 e. The first kappa shape index (κ1) is 15.7. The van der Waals surface area contributed by atoms with Crippen LogP contribution in [0.1, 0.15) is 58.0 Å². The molecule has 21 heavy (non-hydrogen) atoms. The molecular formula is C17H25N3O. The van der Waals surface area contributed by atoms with Crippen LogP contribution in [0, 0.1) is 0 Å². The molecule has 0 radical (unpaired) electrons. The Morgan fingerprint density at radius 1 is 1.24 bits per heavy atom. The third kappa shape index (κ3) is 3.91. The Labute approximate surface area is 127 Å². The molecule has 4 heteroatoms. The van der Waals surface area contributed by atoms with Crippen LogP contribution in [-0.4, -0.2) is 21.4 Å². The van der Waals surface area contributed by atoms with Gasteiger partial charge in [-0.05, 0) is 25.6 Å². The topological polar surface area (TPSA) is 42.2 Å². The van der Waals surface area contributed by atoms with E-state index in [9.17, 15) is 0 Å². The van der Waals surface area contributed by atoms with Gasteiger partial charge in [-0.1, -0.05) is 33.8 Å². The standard InChI is InChI=1S/C17H25N3O/c1-6-20(12-14-9-7-8-10-18-14)13(2)16-19-11-15(21-16)17(3,4)5/h7-11,13H,6,12H2,1-5H3/t13-/m0/s1. The van der Waals surface area contributed by atoms with E-state index in [-0.39, 0.29) is 11.5 Å². The fourth-order valence-electron chi connectivity index (χ4n) is 2.21. The van der Waals surface area contributed by atoms with Gasteiger partial charge in [-0.3, -0.25) is 9.88 Å². The zero-order valence-electron chi connectivity index (χ0n) is 13.6. The van der Waals surface area contributed by atoms with Crippen molar-refractivity contribution in [1.82, 2.24) is 14.9 Å². The van der Waals surface area contributed by atoms with Gasteiger partial charge in [-0.25, -0.2) is 4.98 Å². The number of hydrogen-bond donors (Lipinski definition) is 0. The molecule has 0 spiro atoms. The molecule has 0 N–H and O–H groups in total. The number of rotatable bonds is 5. The zero-order valence-corrected chi connectivity index (χ0v) is 13.6. The molecule has 1 atom stereocenters. The highest BCUT2D eigenvalue weighted by molar-refractivity contribution is 5.08. The van der Waals surface area contributed by atoms with Gasteiger partial charge in [0.15, 0.2) is 0 Å². The predicted octanol–water partition coefficient (Wildman–Crippen LogP) is 3.95. The van der Waals surface area contributed by atoms with E-state index in [1.54, 1.807) is 0 Å². The maximum Gasteiger partial charge on any atom is 0.211 e. The molecule has 4 nitrogen and oxygen atoms in total. The van der Waals surface area contributed by atoms with Gasteiger partial charge in [0.05, 0.1) is 17.9 Å². The van der Waals surface area contributed by atoms with Crippen LogP contribution in [0.3, 0.4) is 0 Å². The molecule has 0 aliphatic rings. The lowest BCUT2D eigenvalue weighted by Crippen LogP contribution is -2.27. The van der Waals surface area contributed by atoms with Gasteiger partial charge in [0.1, 0.15) is 5.76 Å². The summed E-state index contributed by atoms with van der Waals surface area (Å²) in [6, 6.07) is 6.13. The summed E-state index contributed by atoms with van der Waals surface area (Å²) >= 11 is 0. The van der Waals surface area contributed by atoms with Crippen molar-refractivity contribution in [2.75, 3.05) is 6.54 Å². The summed E-state index contributed by atoms with van der Waals surface area (Å²) in [7, 11) is 0. The van der Waals surface area contributed by atoms with Crippen molar-refractivity contribution < 1.29 is 4.42 Å². The Kier molecular flexibility index (Phi) is 4.78. The Morgan fingerprint density at radius 3 is 2.52 bits per heavy atom. The molecule has 0 amide bonds. The first-order chi connectivity index (χ1) is 9.91. The van der Waals surface area contributed by atoms with E-state index in [2.05, 4.69) is 49.5 Å². The lowest BCUT2D eigenvalue weighted by atomic mass is 9.94. The largest absolute Gasteiger partial charge is 0.443 e. The second kappa shape index (κ2) is 6.39. The monoisotopic (exact) mass is 287 g/mol. The van der Waals surface area contributed by atoms with Crippen molar-refractivity contribution >= 4 is 0 Å². The van der Waals surface area contributed by atoms with E-state index >= 15 is 0 Å². The van der Waals surface area contributed by atoms with E-state index in [4.69, 9.17) is 4.42 Å². The summed E-state index contributed by atoms with van der Waals surface area (Å²) in [6.07, 6.45) is 3.68. The van der Waals surface area contributed by atoms with Crippen LogP contribution in [0.5, 0.6) is 0 Å². The zero-order chi connectivity index (χ0) is 15.5. The number of hydrogen-bond acceptors (Lipinski definition) is 4. The third-order valence-corrected chi connectivity index (χ3v) is 3.67. The van der Waals surface area contributed by atoms with Crippen LogP contribution < -0.4 is 0 Å². The van der Waals surface area contributed by atoms with Crippen molar-refractivity contribution in [3.63, 3.8) is 0 Å². The van der Waals surface area contributed by atoms with E-state index in [0.717, 1.165) is 30.4 Å². The van der Waals surface area contributed by atoms with Gasteiger partial charge in [0.25, 0.3) is 0 Å². The lowest BCUT2D eigenvalue weighted by Gasteiger charge is -2.25. The minimum atomic E-state index is -0.0109. The normalized spacial score (nSPS) is 13.6. The molecule has 2 aromatic heterocycles. The molecule has 0 aliphatic heterocycles. The molecule has 0 aliphatic carbocycles. The first-order valence-corrected chi connectivity index (χ1v) is 7.52. The van der Waals surface area contributed by atoms with Crippen molar-refractivity contribution in [1.29, 1.82) is 0 Å². The van der Waals surface area contributed by atoms with Gasteiger partial charge in [-0.15, -0.1) is 0 Å². The molecule has 0 aromatic carbocycles. The molecule has 0 saturated carbocycles.